The second kappa shape index (κ2) is 4.58. The van der Waals surface area contributed by atoms with Crippen molar-refractivity contribution in [3.05, 3.63) is 0 Å². The molecule has 19 heavy (non-hydrogen) atoms. The largest absolute Gasteiger partial charge is 0.298 e. The Kier molecular flexibility index (Phi) is 2.98. The summed E-state index contributed by atoms with van der Waals surface area (Å²) in [6.07, 6.45) is 12.0. The average molecular weight is 261 g/mol. The van der Waals surface area contributed by atoms with Gasteiger partial charge in [0.25, 0.3) is 0 Å². The summed E-state index contributed by atoms with van der Waals surface area (Å²) in [6.45, 7) is 3.10. The highest BCUT2D eigenvalue weighted by molar-refractivity contribution is 5.87. The molecular formula is C17H27NO. The smallest absolute Gasteiger partial charge is 0.152 e. The lowest BCUT2D eigenvalue weighted by Gasteiger charge is -2.47. The van der Waals surface area contributed by atoms with Gasteiger partial charge in [-0.15, -0.1) is 0 Å². The number of hydrogen-bond donors (Lipinski definition) is 0. The highest BCUT2D eigenvalue weighted by Crippen LogP contribution is 2.58. The SMILES string of the molecule is O=C(CN1CCCC1)C12CC3CCC(CC(C3)C1)C2. The van der Waals surface area contributed by atoms with E-state index in [1.807, 2.05) is 0 Å². The molecule has 4 saturated carbocycles. The molecule has 2 unspecified atom stereocenters. The van der Waals surface area contributed by atoms with Gasteiger partial charge >= 0.3 is 0 Å². The maximum absolute atomic E-state index is 13.0. The fraction of sp³-hybridized carbons (Fsp3) is 0.941. The third-order valence-corrected chi connectivity index (χ3v) is 6.51. The third kappa shape index (κ3) is 2.16. The summed E-state index contributed by atoms with van der Waals surface area (Å²) < 4.78 is 0. The normalized spacial score (nSPS) is 45.6. The van der Waals surface area contributed by atoms with Gasteiger partial charge in [-0.25, -0.2) is 0 Å². The van der Waals surface area contributed by atoms with Crippen LogP contribution >= 0.6 is 0 Å². The Balaban J connectivity index is 1.53. The average Bonchev–Trinajstić information content (AvgIpc) is 2.79. The van der Waals surface area contributed by atoms with Crippen LogP contribution in [0.4, 0.5) is 0 Å². The van der Waals surface area contributed by atoms with E-state index in [2.05, 4.69) is 4.90 Å². The van der Waals surface area contributed by atoms with Gasteiger partial charge < -0.3 is 0 Å². The summed E-state index contributed by atoms with van der Waals surface area (Å²) in [6, 6.07) is 0. The van der Waals surface area contributed by atoms with Gasteiger partial charge in [-0.2, -0.15) is 0 Å². The maximum Gasteiger partial charge on any atom is 0.152 e. The monoisotopic (exact) mass is 261 g/mol. The number of likely N-dealkylation sites (tertiary alicyclic amines) is 1. The number of ketones is 1. The minimum atomic E-state index is 0.121. The predicted octanol–water partition coefficient (Wildman–Crippen LogP) is 3.26. The van der Waals surface area contributed by atoms with Gasteiger partial charge in [0.15, 0.2) is 5.78 Å². The van der Waals surface area contributed by atoms with Crippen LogP contribution in [0.5, 0.6) is 0 Å². The van der Waals surface area contributed by atoms with Crippen molar-refractivity contribution in [2.45, 2.75) is 57.8 Å². The summed E-state index contributed by atoms with van der Waals surface area (Å²) in [5.41, 5.74) is 0.121. The van der Waals surface area contributed by atoms with Crippen molar-refractivity contribution in [3.8, 4) is 0 Å². The van der Waals surface area contributed by atoms with Crippen molar-refractivity contribution in [1.82, 2.24) is 4.90 Å². The molecule has 5 aliphatic rings. The van der Waals surface area contributed by atoms with E-state index in [1.54, 1.807) is 0 Å². The maximum atomic E-state index is 13.0. The summed E-state index contributed by atoms with van der Waals surface area (Å²) >= 11 is 0. The van der Waals surface area contributed by atoms with Gasteiger partial charge in [0, 0.05) is 5.41 Å². The van der Waals surface area contributed by atoms with Gasteiger partial charge in [0.05, 0.1) is 6.54 Å². The van der Waals surface area contributed by atoms with Crippen molar-refractivity contribution >= 4 is 5.78 Å². The second-order valence-corrected chi connectivity index (χ2v) is 7.95. The van der Waals surface area contributed by atoms with Crippen molar-refractivity contribution < 1.29 is 4.79 Å². The minimum absolute atomic E-state index is 0.121. The number of Topliss-reactive ketones (excluding diaryl/α,β-unsaturated/α-hetero) is 1. The number of carbonyl (C=O) groups excluding carboxylic acids is 1. The Hall–Kier alpha value is -0.370. The lowest BCUT2D eigenvalue weighted by molar-refractivity contribution is -0.137. The van der Waals surface area contributed by atoms with Crippen molar-refractivity contribution in [1.29, 1.82) is 0 Å². The molecule has 5 rings (SSSR count). The zero-order chi connectivity index (χ0) is 12.9. The molecule has 0 aromatic carbocycles. The van der Waals surface area contributed by atoms with E-state index in [0.29, 0.717) is 5.78 Å². The topological polar surface area (TPSA) is 20.3 Å². The van der Waals surface area contributed by atoms with E-state index in [4.69, 9.17) is 0 Å². The first-order chi connectivity index (χ1) is 9.23. The highest BCUT2D eigenvalue weighted by Gasteiger charge is 2.52. The molecule has 1 aliphatic heterocycles. The van der Waals surface area contributed by atoms with E-state index in [1.165, 1.54) is 57.8 Å². The quantitative estimate of drug-likeness (QED) is 0.777. The van der Waals surface area contributed by atoms with Crippen LogP contribution in [0.3, 0.4) is 0 Å². The predicted molar refractivity (Wildman–Crippen MR) is 75.9 cm³/mol. The van der Waals surface area contributed by atoms with Crippen LogP contribution in [0.2, 0.25) is 0 Å². The summed E-state index contributed by atoms with van der Waals surface area (Å²) in [4.78, 5) is 15.4. The van der Waals surface area contributed by atoms with Gasteiger partial charge in [-0.3, -0.25) is 9.69 Å². The zero-order valence-electron chi connectivity index (χ0n) is 12.1. The number of hydrogen-bond acceptors (Lipinski definition) is 2. The molecule has 0 N–H and O–H groups in total. The lowest BCUT2D eigenvalue weighted by Crippen LogP contribution is -2.47. The molecule has 2 heteroatoms. The van der Waals surface area contributed by atoms with Gasteiger partial charge in [-0.05, 0) is 75.8 Å². The molecular weight excluding hydrogens is 234 g/mol. The fourth-order valence-electron chi connectivity index (χ4n) is 5.84. The van der Waals surface area contributed by atoms with Crippen molar-refractivity contribution in [2.24, 2.45) is 23.2 Å². The third-order valence-electron chi connectivity index (χ3n) is 6.51. The number of carbonyl (C=O) groups is 1. The van der Waals surface area contributed by atoms with Crippen molar-refractivity contribution in [2.75, 3.05) is 19.6 Å². The van der Waals surface area contributed by atoms with E-state index in [9.17, 15) is 4.79 Å². The molecule has 4 aliphatic carbocycles. The fourth-order valence-corrected chi connectivity index (χ4v) is 5.84. The van der Waals surface area contributed by atoms with Crippen molar-refractivity contribution in [3.63, 3.8) is 0 Å². The Morgan fingerprint density at radius 3 is 2.16 bits per heavy atom. The Labute approximate surface area is 116 Å². The zero-order valence-corrected chi connectivity index (χ0v) is 12.1. The highest BCUT2D eigenvalue weighted by atomic mass is 16.1. The summed E-state index contributed by atoms with van der Waals surface area (Å²) in [5.74, 6) is 3.28. The van der Waals surface area contributed by atoms with Gasteiger partial charge in [0.2, 0.25) is 0 Å². The van der Waals surface area contributed by atoms with Crippen LogP contribution in [-0.2, 0) is 4.79 Å². The van der Waals surface area contributed by atoms with Crippen LogP contribution in [-0.4, -0.2) is 30.3 Å². The molecule has 2 nitrogen and oxygen atoms in total. The first-order valence-electron chi connectivity index (χ1n) is 8.49. The second-order valence-electron chi connectivity index (χ2n) is 7.95. The summed E-state index contributed by atoms with van der Waals surface area (Å²) in [5, 5.41) is 0. The molecule has 0 aromatic rings. The Morgan fingerprint density at radius 2 is 1.53 bits per heavy atom. The number of rotatable bonds is 3. The summed E-state index contributed by atoms with van der Waals surface area (Å²) in [7, 11) is 0. The molecule has 2 atom stereocenters. The van der Waals surface area contributed by atoms with E-state index in [0.717, 1.165) is 37.4 Å². The van der Waals surface area contributed by atoms with E-state index in [-0.39, 0.29) is 5.41 Å². The molecule has 1 heterocycles. The minimum Gasteiger partial charge on any atom is -0.298 e. The van der Waals surface area contributed by atoms with Crippen LogP contribution < -0.4 is 0 Å². The Morgan fingerprint density at radius 1 is 0.947 bits per heavy atom. The van der Waals surface area contributed by atoms with E-state index < -0.39 is 0 Å². The first-order valence-corrected chi connectivity index (χ1v) is 8.49. The molecule has 4 bridgehead atoms. The standard InChI is InChI=1S/C17H27NO/c19-16(12-18-5-1-2-6-18)17-9-13-3-4-14(10-17)8-15(7-13)11-17/h13-15H,1-12H2. The molecule has 5 fully saturated rings. The number of nitrogens with zero attached hydrogens (tertiary/aromatic N) is 1. The van der Waals surface area contributed by atoms with Gasteiger partial charge in [-0.1, -0.05) is 12.8 Å². The van der Waals surface area contributed by atoms with Crippen LogP contribution in [0, 0.1) is 23.2 Å². The Bertz CT molecular complexity index is 355. The van der Waals surface area contributed by atoms with Crippen LogP contribution in [0.15, 0.2) is 0 Å². The molecule has 0 spiro atoms. The van der Waals surface area contributed by atoms with Crippen LogP contribution in [0.25, 0.3) is 0 Å². The lowest BCUT2D eigenvalue weighted by atomic mass is 9.57. The van der Waals surface area contributed by atoms with E-state index >= 15 is 0 Å². The molecule has 0 radical (unpaired) electrons. The van der Waals surface area contributed by atoms with Crippen LogP contribution in [0.1, 0.15) is 57.8 Å². The molecule has 0 amide bonds. The molecule has 106 valence electrons. The molecule has 1 saturated heterocycles. The van der Waals surface area contributed by atoms with Gasteiger partial charge in [0.1, 0.15) is 0 Å². The molecule has 0 aromatic heterocycles. The first kappa shape index (κ1) is 12.4. The number of fused-ring (bicyclic) bond motifs is 1.